The van der Waals surface area contributed by atoms with Crippen LogP contribution in [0.2, 0.25) is 5.02 Å². The van der Waals surface area contributed by atoms with E-state index in [2.05, 4.69) is 5.10 Å². The molecule has 0 bridgehead atoms. The Labute approximate surface area is 111 Å². The molecule has 2 aromatic rings. The van der Waals surface area contributed by atoms with Crippen molar-refractivity contribution in [2.45, 2.75) is 19.8 Å². The number of aryl methyl sites for hydroxylation is 3. The summed E-state index contributed by atoms with van der Waals surface area (Å²) < 4.78 is 1.78. The maximum atomic E-state index is 12.1. The van der Waals surface area contributed by atoms with E-state index in [4.69, 9.17) is 11.6 Å². The van der Waals surface area contributed by atoms with Gasteiger partial charge in [-0.25, -0.2) is 0 Å². The van der Waals surface area contributed by atoms with Crippen molar-refractivity contribution < 1.29 is 4.79 Å². The molecule has 94 valence electrons. The van der Waals surface area contributed by atoms with Crippen molar-refractivity contribution >= 4 is 17.4 Å². The highest BCUT2D eigenvalue weighted by Gasteiger charge is 2.12. The average Bonchev–Trinajstić information content (AvgIpc) is 2.75. The summed E-state index contributed by atoms with van der Waals surface area (Å²) in [6.07, 6.45) is 2.86. The number of carbonyl (C=O) groups excluding carboxylic acids is 1. The second-order valence-electron chi connectivity index (χ2n) is 4.31. The largest absolute Gasteiger partial charge is 0.294 e. The fourth-order valence-electron chi connectivity index (χ4n) is 1.89. The van der Waals surface area contributed by atoms with Gasteiger partial charge in [-0.1, -0.05) is 23.7 Å². The number of hydrogen-bond donors (Lipinski definition) is 0. The first-order valence-electron chi connectivity index (χ1n) is 5.85. The minimum Gasteiger partial charge on any atom is -0.294 e. The Balaban J connectivity index is 2.09. The van der Waals surface area contributed by atoms with Gasteiger partial charge in [0.25, 0.3) is 0 Å². The molecule has 0 radical (unpaired) electrons. The van der Waals surface area contributed by atoms with Gasteiger partial charge in [-0.3, -0.25) is 9.48 Å². The van der Waals surface area contributed by atoms with E-state index < -0.39 is 0 Å². The van der Waals surface area contributed by atoms with Crippen molar-refractivity contribution in [3.05, 3.63) is 52.3 Å². The van der Waals surface area contributed by atoms with Crippen molar-refractivity contribution in [3.63, 3.8) is 0 Å². The third kappa shape index (κ3) is 2.62. The lowest BCUT2D eigenvalue weighted by molar-refractivity contribution is 0.0982. The van der Waals surface area contributed by atoms with Crippen molar-refractivity contribution in [3.8, 4) is 0 Å². The van der Waals surface area contributed by atoms with Crippen LogP contribution in [0.3, 0.4) is 0 Å². The molecule has 0 spiro atoms. The Morgan fingerprint density at radius 3 is 2.83 bits per heavy atom. The smallest absolute Gasteiger partial charge is 0.164 e. The Bertz CT molecular complexity index is 575. The lowest BCUT2D eigenvalue weighted by atomic mass is 10.0. The quantitative estimate of drug-likeness (QED) is 0.793. The van der Waals surface area contributed by atoms with Crippen LogP contribution in [-0.4, -0.2) is 15.6 Å². The highest BCUT2D eigenvalue weighted by molar-refractivity contribution is 6.34. The maximum Gasteiger partial charge on any atom is 0.164 e. The molecule has 0 saturated carbocycles. The van der Waals surface area contributed by atoms with E-state index in [0.29, 0.717) is 23.4 Å². The van der Waals surface area contributed by atoms with Gasteiger partial charge in [0.2, 0.25) is 0 Å². The maximum absolute atomic E-state index is 12.1. The molecule has 0 amide bonds. The number of carbonyl (C=O) groups is 1. The van der Waals surface area contributed by atoms with E-state index in [0.717, 1.165) is 11.3 Å². The fourth-order valence-corrected chi connectivity index (χ4v) is 2.12. The summed E-state index contributed by atoms with van der Waals surface area (Å²) in [5, 5.41) is 4.64. The molecule has 0 aliphatic rings. The van der Waals surface area contributed by atoms with Crippen molar-refractivity contribution in [1.29, 1.82) is 0 Å². The van der Waals surface area contributed by atoms with Crippen LogP contribution < -0.4 is 0 Å². The molecule has 1 aromatic carbocycles. The fraction of sp³-hybridized carbons (Fsp3) is 0.286. The van der Waals surface area contributed by atoms with Crippen LogP contribution in [0.1, 0.15) is 28.0 Å². The van der Waals surface area contributed by atoms with Gasteiger partial charge in [0.15, 0.2) is 5.78 Å². The molecule has 0 saturated heterocycles. The van der Waals surface area contributed by atoms with Gasteiger partial charge >= 0.3 is 0 Å². The molecule has 1 heterocycles. The van der Waals surface area contributed by atoms with E-state index in [-0.39, 0.29) is 5.78 Å². The number of nitrogens with zero attached hydrogens (tertiary/aromatic N) is 2. The zero-order valence-electron chi connectivity index (χ0n) is 10.5. The number of halogens is 1. The van der Waals surface area contributed by atoms with E-state index in [9.17, 15) is 4.79 Å². The van der Waals surface area contributed by atoms with Gasteiger partial charge in [-0.15, -0.1) is 0 Å². The third-order valence-electron chi connectivity index (χ3n) is 3.02. The van der Waals surface area contributed by atoms with E-state index in [1.807, 2.05) is 32.2 Å². The summed E-state index contributed by atoms with van der Waals surface area (Å²) in [5.74, 6) is 0.0740. The molecule has 0 atom stereocenters. The predicted molar refractivity (Wildman–Crippen MR) is 72.0 cm³/mol. The van der Waals surface area contributed by atoms with Crippen LogP contribution in [-0.2, 0) is 13.5 Å². The minimum atomic E-state index is 0.0740. The predicted octanol–water partition coefficient (Wildman–Crippen LogP) is 3.20. The molecule has 1 aromatic heterocycles. The third-order valence-corrected chi connectivity index (χ3v) is 3.52. The summed E-state index contributed by atoms with van der Waals surface area (Å²) >= 11 is 6.14. The molecule has 0 aliphatic heterocycles. The zero-order valence-corrected chi connectivity index (χ0v) is 11.2. The number of hydrogen-bond acceptors (Lipinski definition) is 2. The number of benzene rings is 1. The van der Waals surface area contributed by atoms with Crippen LogP contribution >= 0.6 is 11.6 Å². The van der Waals surface area contributed by atoms with Crippen LogP contribution in [0, 0.1) is 6.92 Å². The molecule has 0 unspecified atom stereocenters. The summed E-state index contributed by atoms with van der Waals surface area (Å²) in [4.78, 5) is 12.1. The van der Waals surface area contributed by atoms with E-state index >= 15 is 0 Å². The zero-order chi connectivity index (χ0) is 13.1. The SMILES string of the molecule is Cc1cccc(C(=O)CCc2ccnn2C)c1Cl. The Kier molecular flexibility index (Phi) is 3.82. The van der Waals surface area contributed by atoms with Gasteiger partial charge in [0.05, 0.1) is 5.02 Å². The minimum absolute atomic E-state index is 0.0740. The highest BCUT2D eigenvalue weighted by atomic mass is 35.5. The van der Waals surface area contributed by atoms with Gasteiger partial charge < -0.3 is 0 Å². The van der Waals surface area contributed by atoms with Gasteiger partial charge in [0.1, 0.15) is 0 Å². The monoisotopic (exact) mass is 262 g/mol. The molecule has 0 fully saturated rings. The normalized spacial score (nSPS) is 10.6. The van der Waals surface area contributed by atoms with E-state index in [1.165, 1.54) is 0 Å². The van der Waals surface area contributed by atoms with Gasteiger partial charge in [-0.2, -0.15) is 5.10 Å². The number of ketones is 1. The van der Waals surface area contributed by atoms with E-state index in [1.54, 1.807) is 16.9 Å². The molecule has 0 N–H and O–H groups in total. The lowest BCUT2D eigenvalue weighted by Crippen LogP contribution is -2.05. The van der Waals surface area contributed by atoms with Crippen LogP contribution in [0.25, 0.3) is 0 Å². The molecular weight excluding hydrogens is 248 g/mol. The molecule has 0 aliphatic carbocycles. The van der Waals surface area contributed by atoms with Crippen LogP contribution in [0.15, 0.2) is 30.5 Å². The van der Waals surface area contributed by atoms with Crippen molar-refractivity contribution in [2.24, 2.45) is 7.05 Å². The standard InChI is InChI=1S/C14H15ClN2O/c1-10-4-3-5-12(14(10)15)13(18)7-6-11-8-9-16-17(11)2/h3-5,8-9H,6-7H2,1-2H3. The first-order valence-corrected chi connectivity index (χ1v) is 6.22. The highest BCUT2D eigenvalue weighted by Crippen LogP contribution is 2.22. The van der Waals surface area contributed by atoms with Gasteiger partial charge in [-0.05, 0) is 31.0 Å². The molecule has 2 rings (SSSR count). The Morgan fingerprint density at radius 2 is 2.17 bits per heavy atom. The number of aromatic nitrogens is 2. The van der Waals surface area contributed by atoms with Gasteiger partial charge in [0, 0.05) is 30.9 Å². The summed E-state index contributed by atoms with van der Waals surface area (Å²) in [6, 6.07) is 7.46. The Morgan fingerprint density at radius 1 is 1.39 bits per heavy atom. The summed E-state index contributed by atoms with van der Waals surface area (Å²) in [7, 11) is 1.87. The average molecular weight is 263 g/mol. The first-order chi connectivity index (χ1) is 8.59. The number of Topliss-reactive ketones (excluding diaryl/α,β-unsaturated/α-hetero) is 1. The molecular formula is C14H15ClN2O. The first kappa shape index (κ1) is 12.8. The van der Waals surface area contributed by atoms with Crippen LogP contribution in [0.4, 0.5) is 0 Å². The Hall–Kier alpha value is -1.61. The number of rotatable bonds is 4. The van der Waals surface area contributed by atoms with Crippen molar-refractivity contribution in [2.75, 3.05) is 0 Å². The topological polar surface area (TPSA) is 34.9 Å². The van der Waals surface area contributed by atoms with Crippen LogP contribution in [0.5, 0.6) is 0 Å². The second-order valence-corrected chi connectivity index (χ2v) is 4.68. The molecule has 4 heteroatoms. The lowest BCUT2D eigenvalue weighted by Gasteiger charge is -2.06. The van der Waals surface area contributed by atoms with Crippen molar-refractivity contribution in [1.82, 2.24) is 9.78 Å². The molecule has 3 nitrogen and oxygen atoms in total. The summed E-state index contributed by atoms with van der Waals surface area (Å²) in [5.41, 5.74) is 2.59. The second kappa shape index (κ2) is 5.36. The molecule has 18 heavy (non-hydrogen) atoms. The summed E-state index contributed by atoms with van der Waals surface area (Å²) in [6.45, 7) is 1.90.